The van der Waals surface area contributed by atoms with Crippen molar-refractivity contribution in [2.75, 3.05) is 6.54 Å². The van der Waals surface area contributed by atoms with Crippen LogP contribution in [0.4, 0.5) is 0 Å². The second kappa shape index (κ2) is 3.78. The first kappa shape index (κ1) is 10.9. The normalized spacial score (nSPS) is 18.7. The molecule has 0 saturated heterocycles. The third-order valence-electron chi connectivity index (χ3n) is 2.96. The minimum atomic E-state index is -0.251. The number of rotatable bonds is 2. The SMILES string of the molecule is NCC1(c2ccc(Cl)cc2Cl)CC(=O)C1. The van der Waals surface area contributed by atoms with Crippen LogP contribution in [0.25, 0.3) is 0 Å². The molecule has 15 heavy (non-hydrogen) atoms. The van der Waals surface area contributed by atoms with Crippen LogP contribution in [0.5, 0.6) is 0 Å². The van der Waals surface area contributed by atoms with Gasteiger partial charge >= 0.3 is 0 Å². The fourth-order valence-corrected chi connectivity index (χ4v) is 2.68. The first-order chi connectivity index (χ1) is 7.07. The van der Waals surface area contributed by atoms with Crippen molar-refractivity contribution in [1.82, 2.24) is 0 Å². The third kappa shape index (κ3) is 1.78. The van der Waals surface area contributed by atoms with Gasteiger partial charge < -0.3 is 5.73 Å². The van der Waals surface area contributed by atoms with Crippen molar-refractivity contribution in [3.05, 3.63) is 33.8 Å². The van der Waals surface area contributed by atoms with Crippen LogP contribution in [0.3, 0.4) is 0 Å². The summed E-state index contributed by atoms with van der Waals surface area (Å²) < 4.78 is 0. The van der Waals surface area contributed by atoms with Crippen molar-refractivity contribution in [3.63, 3.8) is 0 Å². The van der Waals surface area contributed by atoms with E-state index in [-0.39, 0.29) is 11.2 Å². The molecule has 0 aromatic heterocycles. The van der Waals surface area contributed by atoms with Crippen LogP contribution >= 0.6 is 23.2 Å². The molecule has 0 unspecified atom stereocenters. The summed E-state index contributed by atoms with van der Waals surface area (Å²) in [5.74, 6) is 0.242. The van der Waals surface area contributed by atoms with E-state index in [2.05, 4.69) is 0 Å². The van der Waals surface area contributed by atoms with E-state index >= 15 is 0 Å². The Balaban J connectivity index is 2.40. The van der Waals surface area contributed by atoms with Crippen LogP contribution in [-0.2, 0) is 10.2 Å². The number of hydrogen-bond acceptors (Lipinski definition) is 2. The van der Waals surface area contributed by atoms with Crippen molar-refractivity contribution < 1.29 is 4.79 Å². The van der Waals surface area contributed by atoms with Crippen LogP contribution in [0.1, 0.15) is 18.4 Å². The van der Waals surface area contributed by atoms with Crippen LogP contribution in [0, 0.1) is 0 Å². The Morgan fingerprint density at radius 2 is 2.00 bits per heavy atom. The molecule has 0 bridgehead atoms. The van der Waals surface area contributed by atoms with Gasteiger partial charge in [-0.3, -0.25) is 4.79 Å². The monoisotopic (exact) mass is 243 g/mol. The predicted molar refractivity (Wildman–Crippen MR) is 61.4 cm³/mol. The molecule has 0 spiro atoms. The largest absolute Gasteiger partial charge is 0.330 e. The zero-order chi connectivity index (χ0) is 11.1. The predicted octanol–water partition coefficient (Wildman–Crippen LogP) is 2.55. The van der Waals surface area contributed by atoms with Crippen LogP contribution < -0.4 is 5.73 Å². The molecule has 80 valence electrons. The molecular formula is C11H11Cl2NO. The summed E-state index contributed by atoms with van der Waals surface area (Å²) in [6, 6.07) is 5.34. The van der Waals surface area contributed by atoms with Gasteiger partial charge in [0.25, 0.3) is 0 Å². The number of ketones is 1. The van der Waals surface area contributed by atoms with E-state index in [9.17, 15) is 4.79 Å². The van der Waals surface area contributed by atoms with Gasteiger partial charge in [-0.2, -0.15) is 0 Å². The third-order valence-corrected chi connectivity index (χ3v) is 3.51. The summed E-state index contributed by atoms with van der Waals surface area (Å²) in [4.78, 5) is 11.1. The van der Waals surface area contributed by atoms with Crippen molar-refractivity contribution >= 4 is 29.0 Å². The molecule has 1 aromatic rings. The zero-order valence-corrected chi connectivity index (χ0v) is 9.61. The fraction of sp³-hybridized carbons (Fsp3) is 0.364. The van der Waals surface area contributed by atoms with Crippen LogP contribution in [-0.4, -0.2) is 12.3 Å². The quantitative estimate of drug-likeness (QED) is 0.868. The summed E-state index contributed by atoms with van der Waals surface area (Å²) in [6.45, 7) is 0.445. The van der Waals surface area contributed by atoms with E-state index in [1.54, 1.807) is 12.1 Å². The van der Waals surface area contributed by atoms with E-state index in [0.29, 0.717) is 29.4 Å². The Hall–Kier alpha value is -0.570. The second-order valence-electron chi connectivity index (χ2n) is 4.00. The maximum Gasteiger partial charge on any atom is 0.134 e. The van der Waals surface area contributed by atoms with Crippen molar-refractivity contribution in [3.8, 4) is 0 Å². The molecule has 0 radical (unpaired) electrons. The molecule has 2 rings (SSSR count). The number of benzene rings is 1. The van der Waals surface area contributed by atoms with E-state index < -0.39 is 0 Å². The number of carbonyl (C=O) groups is 1. The van der Waals surface area contributed by atoms with Gasteiger partial charge in [0.05, 0.1) is 0 Å². The molecular weight excluding hydrogens is 233 g/mol. The molecule has 1 aliphatic carbocycles. The molecule has 2 N–H and O–H groups in total. The maximum absolute atomic E-state index is 11.1. The average Bonchev–Trinajstić information content (AvgIpc) is 2.13. The lowest BCUT2D eigenvalue weighted by molar-refractivity contribution is -0.128. The van der Waals surface area contributed by atoms with Gasteiger partial charge in [-0.25, -0.2) is 0 Å². The summed E-state index contributed by atoms with van der Waals surface area (Å²) >= 11 is 11.9. The Labute approximate surface area is 98.4 Å². The molecule has 4 heteroatoms. The number of halogens is 2. The molecule has 0 atom stereocenters. The van der Waals surface area contributed by atoms with Gasteiger partial charge in [-0.15, -0.1) is 0 Å². The highest BCUT2D eigenvalue weighted by molar-refractivity contribution is 6.35. The average molecular weight is 244 g/mol. The lowest BCUT2D eigenvalue weighted by Gasteiger charge is -2.40. The highest BCUT2D eigenvalue weighted by Crippen LogP contribution is 2.43. The van der Waals surface area contributed by atoms with E-state index in [1.165, 1.54) is 0 Å². The molecule has 1 saturated carbocycles. The number of nitrogens with two attached hydrogens (primary N) is 1. The highest BCUT2D eigenvalue weighted by Gasteiger charge is 2.44. The van der Waals surface area contributed by atoms with Crippen molar-refractivity contribution in [2.45, 2.75) is 18.3 Å². The minimum absolute atomic E-state index is 0.242. The first-order valence-electron chi connectivity index (χ1n) is 4.75. The van der Waals surface area contributed by atoms with Crippen LogP contribution in [0.15, 0.2) is 18.2 Å². The summed E-state index contributed by atoms with van der Waals surface area (Å²) in [7, 11) is 0. The van der Waals surface area contributed by atoms with E-state index in [1.807, 2.05) is 6.07 Å². The lowest BCUT2D eigenvalue weighted by atomic mass is 9.63. The van der Waals surface area contributed by atoms with Gasteiger partial charge in [-0.05, 0) is 17.7 Å². The minimum Gasteiger partial charge on any atom is -0.330 e. The molecule has 1 aromatic carbocycles. The molecule has 1 aliphatic rings. The van der Waals surface area contributed by atoms with E-state index in [4.69, 9.17) is 28.9 Å². The Morgan fingerprint density at radius 3 is 2.47 bits per heavy atom. The van der Waals surface area contributed by atoms with Gasteiger partial charge in [-0.1, -0.05) is 29.3 Å². The van der Waals surface area contributed by atoms with Crippen molar-refractivity contribution in [2.24, 2.45) is 5.73 Å². The number of carbonyl (C=O) groups excluding carboxylic acids is 1. The standard InChI is InChI=1S/C11H11Cl2NO/c12-7-1-2-9(10(13)3-7)11(6-14)4-8(15)5-11/h1-3H,4-6,14H2. The van der Waals surface area contributed by atoms with Gasteiger partial charge in [0.1, 0.15) is 5.78 Å². The van der Waals surface area contributed by atoms with Gasteiger partial charge in [0.15, 0.2) is 0 Å². The van der Waals surface area contributed by atoms with Crippen molar-refractivity contribution in [1.29, 1.82) is 0 Å². The molecule has 0 heterocycles. The summed E-state index contributed by atoms with van der Waals surface area (Å²) in [6.07, 6.45) is 0.982. The Bertz CT molecular complexity index is 409. The Kier molecular flexibility index (Phi) is 2.75. The first-order valence-corrected chi connectivity index (χ1v) is 5.50. The molecule has 0 amide bonds. The zero-order valence-electron chi connectivity index (χ0n) is 8.09. The highest BCUT2D eigenvalue weighted by atomic mass is 35.5. The number of hydrogen-bond donors (Lipinski definition) is 1. The number of Topliss-reactive ketones (excluding diaryl/α,β-unsaturated/α-hetero) is 1. The van der Waals surface area contributed by atoms with Crippen LogP contribution in [0.2, 0.25) is 10.0 Å². The molecule has 1 fully saturated rings. The van der Waals surface area contributed by atoms with Gasteiger partial charge in [0.2, 0.25) is 0 Å². The maximum atomic E-state index is 11.1. The molecule has 2 nitrogen and oxygen atoms in total. The summed E-state index contributed by atoms with van der Waals surface area (Å²) in [5.41, 5.74) is 6.42. The van der Waals surface area contributed by atoms with Gasteiger partial charge in [0, 0.05) is 34.8 Å². The summed E-state index contributed by atoms with van der Waals surface area (Å²) in [5, 5.41) is 1.20. The Morgan fingerprint density at radius 1 is 1.33 bits per heavy atom. The van der Waals surface area contributed by atoms with E-state index in [0.717, 1.165) is 5.56 Å². The second-order valence-corrected chi connectivity index (χ2v) is 4.84. The smallest absolute Gasteiger partial charge is 0.134 e. The topological polar surface area (TPSA) is 43.1 Å². The molecule has 0 aliphatic heterocycles. The fourth-order valence-electron chi connectivity index (χ4n) is 2.07. The lowest BCUT2D eigenvalue weighted by Crippen LogP contribution is -2.47.